The van der Waals surface area contributed by atoms with Gasteiger partial charge in [-0.3, -0.25) is 4.79 Å². The first-order valence-corrected chi connectivity index (χ1v) is 7.95. The molecule has 6 heteroatoms. The van der Waals surface area contributed by atoms with E-state index < -0.39 is 0 Å². The summed E-state index contributed by atoms with van der Waals surface area (Å²) in [6.07, 6.45) is 2.26. The molecule has 0 bridgehead atoms. The van der Waals surface area contributed by atoms with E-state index >= 15 is 0 Å². The van der Waals surface area contributed by atoms with Gasteiger partial charge in [-0.05, 0) is 44.0 Å². The summed E-state index contributed by atoms with van der Waals surface area (Å²) < 4.78 is 1.05. The molecule has 1 amide bonds. The molecule has 0 saturated carbocycles. The van der Waals surface area contributed by atoms with Crippen molar-refractivity contribution >= 4 is 33.3 Å². The summed E-state index contributed by atoms with van der Waals surface area (Å²) in [4.78, 5) is 20.3. The highest BCUT2D eigenvalue weighted by atomic mass is 79.9. The molecule has 22 heavy (non-hydrogen) atoms. The Morgan fingerprint density at radius 2 is 2.09 bits per heavy atom. The molecule has 0 fully saturated rings. The van der Waals surface area contributed by atoms with Crippen LogP contribution in [0, 0.1) is 6.92 Å². The zero-order valence-electron chi connectivity index (χ0n) is 12.9. The first-order chi connectivity index (χ1) is 10.5. The first-order valence-electron chi connectivity index (χ1n) is 7.15. The molecule has 1 atom stereocenters. The lowest BCUT2D eigenvalue weighted by Gasteiger charge is -2.12. The Kier molecular flexibility index (Phi) is 5.49. The lowest BCUT2D eigenvalue weighted by Crippen LogP contribution is -2.32. The minimum atomic E-state index is -0.188. The quantitative estimate of drug-likeness (QED) is 0.848. The average Bonchev–Trinajstić information content (AvgIpc) is 2.51. The van der Waals surface area contributed by atoms with Crippen LogP contribution in [0.2, 0.25) is 0 Å². The lowest BCUT2D eigenvalue weighted by atomic mass is 10.2. The van der Waals surface area contributed by atoms with Gasteiger partial charge in [-0.2, -0.15) is 0 Å². The molecule has 5 nitrogen and oxygen atoms in total. The molecule has 116 valence electrons. The molecule has 0 aliphatic carbocycles. The van der Waals surface area contributed by atoms with E-state index in [0.29, 0.717) is 11.5 Å². The molecule has 0 aliphatic heterocycles. The molecular weight excluding hydrogens is 344 g/mol. The summed E-state index contributed by atoms with van der Waals surface area (Å²) in [6, 6.07) is 7.68. The molecule has 0 aliphatic rings. The Morgan fingerprint density at radius 3 is 2.77 bits per heavy atom. The number of hydrogen-bond acceptors (Lipinski definition) is 4. The third-order valence-corrected chi connectivity index (χ3v) is 4.21. The third-order valence-electron chi connectivity index (χ3n) is 3.32. The van der Waals surface area contributed by atoms with E-state index in [0.717, 1.165) is 22.1 Å². The van der Waals surface area contributed by atoms with Crippen molar-refractivity contribution in [3.8, 4) is 0 Å². The average molecular weight is 363 g/mol. The molecule has 1 heterocycles. The summed E-state index contributed by atoms with van der Waals surface area (Å²) in [5.41, 5.74) is 2.38. The Morgan fingerprint density at radius 1 is 1.32 bits per heavy atom. The van der Waals surface area contributed by atoms with E-state index in [2.05, 4.69) is 36.5 Å². The summed E-state index contributed by atoms with van der Waals surface area (Å²) in [6.45, 7) is 6.00. The normalized spacial score (nSPS) is 11.8. The van der Waals surface area contributed by atoms with Crippen molar-refractivity contribution in [1.29, 1.82) is 0 Å². The molecule has 2 aromatic rings. The van der Waals surface area contributed by atoms with E-state index in [9.17, 15) is 4.79 Å². The zero-order chi connectivity index (χ0) is 16.1. The fraction of sp³-hybridized carbons (Fsp3) is 0.312. The number of carbonyl (C=O) groups is 1. The minimum Gasteiger partial charge on any atom is -0.348 e. The van der Waals surface area contributed by atoms with Crippen molar-refractivity contribution in [1.82, 2.24) is 15.3 Å². The van der Waals surface area contributed by atoms with Gasteiger partial charge in [-0.15, -0.1) is 0 Å². The van der Waals surface area contributed by atoms with Crippen molar-refractivity contribution in [2.75, 3.05) is 5.32 Å². The topological polar surface area (TPSA) is 66.9 Å². The summed E-state index contributed by atoms with van der Waals surface area (Å²) in [5.74, 6) is 0.401. The van der Waals surface area contributed by atoms with Gasteiger partial charge in [-0.25, -0.2) is 9.97 Å². The number of aromatic nitrogens is 2. The molecule has 0 radical (unpaired) electrons. The van der Waals surface area contributed by atoms with Crippen LogP contribution in [-0.2, 0) is 0 Å². The number of rotatable bonds is 5. The summed E-state index contributed by atoms with van der Waals surface area (Å²) >= 11 is 3.47. The van der Waals surface area contributed by atoms with Crippen LogP contribution >= 0.6 is 15.9 Å². The van der Waals surface area contributed by atoms with Crippen LogP contribution < -0.4 is 10.6 Å². The Labute approximate surface area is 138 Å². The van der Waals surface area contributed by atoms with Crippen molar-refractivity contribution in [3.63, 3.8) is 0 Å². The predicted octanol–water partition coefficient (Wildman–Crippen LogP) is 3.82. The van der Waals surface area contributed by atoms with Gasteiger partial charge in [0.15, 0.2) is 0 Å². The first kappa shape index (κ1) is 16.4. The second-order valence-corrected chi connectivity index (χ2v) is 6.01. The maximum atomic E-state index is 12.1. The maximum absolute atomic E-state index is 12.1. The number of amides is 1. The summed E-state index contributed by atoms with van der Waals surface area (Å²) in [5, 5.41) is 6.07. The number of halogens is 1. The zero-order valence-corrected chi connectivity index (χ0v) is 14.4. The van der Waals surface area contributed by atoms with Gasteiger partial charge < -0.3 is 10.6 Å². The third kappa shape index (κ3) is 4.27. The number of nitrogens with one attached hydrogen (secondary N) is 2. The van der Waals surface area contributed by atoms with Gasteiger partial charge in [-0.1, -0.05) is 22.9 Å². The van der Waals surface area contributed by atoms with Crippen LogP contribution in [0.15, 0.2) is 35.1 Å². The van der Waals surface area contributed by atoms with Gasteiger partial charge in [0, 0.05) is 22.3 Å². The fourth-order valence-electron chi connectivity index (χ4n) is 1.82. The van der Waals surface area contributed by atoms with Gasteiger partial charge in [0.1, 0.15) is 17.8 Å². The standard InChI is InChI=1S/C16H19BrN4O/c1-4-11(3)20-16(22)14-8-15(19-9-18-14)21-12-5-6-13(17)10(2)7-12/h5-9,11H,4H2,1-3H3,(H,20,22)(H,18,19,21). The van der Waals surface area contributed by atoms with E-state index in [4.69, 9.17) is 0 Å². The fourth-order valence-corrected chi connectivity index (χ4v) is 2.07. The smallest absolute Gasteiger partial charge is 0.270 e. The van der Waals surface area contributed by atoms with Crippen LogP contribution in [-0.4, -0.2) is 21.9 Å². The highest BCUT2D eigenvalue weighted by molar-refractivity contribution is 9.10. The highest BCUT2D eigenvalue weighted by Crippen LogP contribution is 2.22. The maximum Gasteiger partial charge on any atom is 0.270 e. The molecule has 2 N–H and O–H groups in total. The second kappa shape index (κ2) is 7.35. The van der Waals surface area contributed by atoms with Gasteiger partial charge >= 0.3 is 0 Å². The molecule has 0 saturated heterocycles. The SMILES string of the molecule is CCC(C)NC(=O)c1cc(Nc2ccc(Br)c(C)c2)ncn1. The van der Waals surface area contributed by atoms with Crippen LogP contribution in [0.25, 0.3) is 0 Å². The van der Waals surface area contributed by atoms with Crippen LogP contribution in [0.1, 0.15) is 36.3 Å². The number of nitrogens with zero attached hydrogens (tertiary/aromatic N) is 2. The van der Waals surface area contributed by atoms with Crippen LogP contribution in [0.4, 0.5) is 11.5 Å². The Balaban J connectivity index is 2.14. The van der Waals surface area contributed by atoms with Crippen molar-refractivity contribution < 1.29 is 4.79 Å². The number of benzene rings is 1. The largest absolute Gasteiger partial charge is 0.348 e. The molecular formula is C16H19BrN4O. The van der Waals surface area contributed by atoms with E-state index in [1.54, 1.807) is 6.07 Å². The minimum absolute atomic E-state index is 0.119. The van der Waals surface area contributed by atoms with Crippen LogP contribution in [0.3, 0.4) is 0 Å². The Bertz CT molecular complexity index is 675. The van der Waals surface area contributed by atoms with E-state index in [1.165, 1.54) is 6.33 Å². The molecule has 2 rings (SSSR count). The van der Waals surface area contributed by atoms with E-state index in [-0.39, 0.29) is 11.9 Å². The lowest BCUT2D eigenvalue weighted by molar-refractivity contribution is 0.0934. The number of carbonyl (C=O) groups excluding carboxylic acids is 1. The summed E-state index contributed by atoms with van der Waals surface area (Å²) in [7, 11) is 0. The highest BCUT2D eigenvalue weighted by Gasteiger charge is 2.11. The van der Waals surface area contributed by atoms with Crippen LogP contribution in [0.5, 0.6) is 0 Å². The van der Waals surface area contributed by atoms with Crippen molar-refractivity contribution in [2.24, 2.45) is 0 Å². The van der Waals surface area contributed by atoms with Gasteiger partial charge in [0.05, 0.1) is 0 Å². The van der Waals surface area contributed by atoms with Crippen molar-refractivity contribution in [2.45, 2.75) is 33.2 Å². The molecule has 1 unspecified atom stereocenters. The molecule has 1 aromatic carbocycles. The molecule has 0 spiro atoms. The van der Waals surface area contributed by atoms with E-state index in [1.807, 2.05) is 39.0 Å². The van der Waals surface area contributed by atoms with Crippen molar-refractivity contribution in [3.05, 3.63) is 46.3 Å². The Hall–Kier alpha value is -1.95. The number of aryl methyl sites for hydroxylation is 1. The monoisotopic (exact) mass is 362 g/mol. The predicted molar refractivity (Wildman–Crippen MR) is 91.4 cm³/mol. The number of anilines is 2. The second-order valence-electron chi connectivity index (χ2n) is 5.16. The van der Waals surface area contributed by atoms with Gasteiger partial charge in [0.2, 0.25) is 0 Å². The van der Waals surface area contributed by atoms with Gasteiger partial charge in [0.25, 0.3) is 5.91 Å². The number of hydrogen-bond donors (Lipinski definition) is 2. The molecule has 1 aromatic heterocycles.